The van der Waals surface area contributed by atoms with Crippen molar-refractivity contribution in [2.24, 2.45) is 5.92 Å². The van der Waals surface area contributed by atoms with Gasteiger partial charge in [-0.25, -0.2) is 0 Å². The predicted molar refractivity (Wildman–Crippen MR) is 125 cm³/mol. The maximum Gasteiger partial charge on any atom is 0.416 e. The highest BCUT2D eigenvalue weighted by atomic mass is 19.4. The minimum Gasteiger partial charge on any atom is -0.619 e. The van der Waals surface area contributed by atoms with Crippen molar-refractivity contribution < 1.29 is 32.6 Å². The van der Waals surface area contributed by atoms with Crippen molar-refractivity contribution in [3.63, 3.8) is 0 Å². The van der Waals surface area contributed by atoms with Gasteiger partial charge in [0.2, 0.25) is 5.91 Å². The zero-order valence-corrected chi connectivity index (χ0v) is 19.8. The third-order valence-electron chi connectivity index (χ3n) is 6.44. The number of benzene rings is 1. The van der Waals surface area contributed by atoms with E-state index in [0.717, 1.165) is 18.2 Å². The molecule has 11 heteroatoms. The van der Waals surface area contributed by atoms with E-state index in [2.05, 4.69) is 10.6 Å². The molecule has 36 heavy (non-hydrogen) atoms. The molecular weight excluding hydrogens is 477 g/mol. The average molecular weight is 507 g/mol. The molecular formula is C25H29F3N4O4. The Hall–Kier alpha value is -3.47. The number of nitrogens with one attached hydrogen (secondary N) is 3. The molecule has 1 aliphatic rings. The predicted octanol–water partition coefficient (Wildman–Crippen LogP) is 3.06. The van der Waals surface area contributed by atoms with Crippen LogP contribution in [0.5, 0.6) is 0 Å². The van der Waals surface area contributed by atoms with Crippen LogP contribution >= 0.6 is 0 Å². The molecule has 0 spiro atoms. The van der Waals surface area contributed by atoms with Gasteiger partial charge in [0.25, 0.3) is 5.91 Å². The summed E-state index contributed by atoms with van der Waals surface area (Å²) in [6, 6.07) is 6.74. The molecule has 1 atom stereocenters. The zero-order valence-electron chi connectivity index (χ0n) is 19.8. The second-order valence-electron chi connectivity index (χ2n) is 9.21. The first-order chi connectivity index (χ1) is 16.9. The Balaban J connectivity index is 1.43. The molecule has 194 valence electrons. The van der Waals surface area contributed by atoms with Crippen molar-refractivity contribution in [1.82, 2.24) is 10.6 Å². The lowest BCUT2D eigenvalue weighted by molar-refractivity contribution is -0.605. The number of rotatable bonds is 8. The zero-order chi connectivity index (χ0) is 26.5. The quantitative estimate of drug-likeness (QED) is 0.249. The molecule has 8 nitrogen and oxygen atoms in total. The third kappa shape index (κ3) is 7.03. The van der Waals surface area contributed by atoms with Crippen LogP contribution < -0.4 is 15.4 Å². The summed E-state index contributed by atoms with van der Waals surface area (Å²) in [4.78, 5) is 24.3. The van der Waals surface area contributed by atoms with E-state index in [1.54, 1.807) is 19.1 Å². The number of carbonyl (C=O) groups is 2. The number of hydrogen-bond donors (Lipinski definition) is 4. The molecule has 0 saturated heterocycles. The SMILES string of the molecule is C[C@H](CC(=N)C1CCC(O)(c2cc[n+]([O-])cc2)CC1)NC(=O)CNC(=O)c1cccc(C(F)(F)F)c1. The Morgan fingerprint density at radius 2 is 1.86 bits per heavy atom. The number of pyridine rings is 1. The normalized spacial score (nSPS) is 20.9. The summed E-state index contributed by atoms with van der Waals surface area (Å²) >= 11 is 0. The fourth-order valence-electron chi connectivity index (χ4n) is 4.43. The Bertz CT molecular complexity index is 1100. The Morgan fingerprint density at radius 1 is 1.22 bits per heavy atom. The highest BCUT2D eigenvalue weighted by Gasteiger charge is 2.36. The lowest BCUT2D eigenvalue weighted by Gasteiger charge is -2.36. The number of alkyl halides is 3. The molecule has 1 saturated carbocycles. The number of amides is 2. The fraction of sp³-hybridized carbons (Fsp3) is 0.440. The molecule has 0 bridgehead atoms. The van der Waals surface area contributed by atoms with Crippen LogP contribution in [0.3, 0.4) is 0 Å². The minimum absolute atomic E-state index is 0.0432. The number of nitrogens with zero attached hydrogens (tertiary/aromatic N) is 1. The van der Waals surface area contributed by atoms with E-state index in [-0.39, 0.29) is 17.9 Å². The van der Waals surface area contributed by atoms with Crippen molar-refractivity contribution in [2.75, 3.05) is 6.54 Å². The van der Waals surface area contributed by atoms with Gasteiger partial charge in [0.15, 0.2) is 12.4 Å². The lowest BCUT2D eigenvalue weighted by atomic mass is 9.73. The van der Waals surface area contributed by atoms with Crippen molar-refractivity contribution in [3.05, 3.63) is 70.7 Å². The van der Waals surface area contributed by atoms with Crippen LogP contribution in [-0.2, 0) is 16.6 Å². The van der Waals surface area contributed by atoms with E-state index in [1.165, 1.54) is 18.5 Å². The second-order valence-corrected chi connectivity index (χ2v) is 9.21. The minimum atomic E-state index is -4.58. The number of carbonyl (C=O) groups excluding carboxylic acids is 2. The van der Waals surface area contributed by atoms with E-state index in [9.17, 15) is 33.1 Å². The van der Waals surface area contributed by atoms with Gasteiger partial charge < -0.3 is 26.4 Å². The highest BCUT2D eigenvalue weighted by molar-refractivity contribution is 5.96. The summed E-state index contributed by atoms with van der Waals surface area (Å²) in [5.74, 6) is -1.36. The topological polar surface area (TPSA) is 129 Å². The van der Waals surface area contributed by atoms with Gasteiger partial charge in [0.05, 0.1) is 17.7 Å². The van der Waals surface area contributed by atoms with Crippen molar-refractivity contribution >= 4 is 17.5 Å². The summed E-state index contributed by atoms with van der Waals surface area (Å²) < 4.78 is 39.1. The van der Waals surface area contributed by atoms with Crippen LogP contribution in [-0.4, -0.2) is 35.2 Å². The maximum atomic E-state index is 12.8. The van der Waals surface area contributed by atoms with Crippen LogP contribution in [0.25, 0.3) is 0 Å². The van der Waals surface area contributed by atoms with Gasteiger partial charge in [0, 0.05) is 35.9 Å². The fourth-order valence-corrected chi connectivity index (χ4v) is 4.43. The van der Waals surface area contributed by atoms with Gasteiger partial charge in [-0.15, -0.1) is 0 Å². The van der Waals surface area contributed by atoms with Crippen molar-refractivity contribution in [3.8, 4) is 0 Å². The van der Waals surface area contributed by atoms with E-state index in [0.29, 0.717) is 41.7 Å². The summed E-state index contributed by atoms with van der Waals surface area (Å²) in [6.07, 6.45) is 0.480. The van der Waals surface area contributed by atoms with Crippen molar-refractivity contribution in [2.45, 2.75) is 56.8 Å². The van der Waals surface area contributed by atoms with Crippen LogP contribution in [0.2, 0.25) is 0 Å². The summed E-state index contributed by atoms with van der Waals surface area (Å²) in [7, 11) is 0. The van der Waals surface area contributed by atoms with Gasteiger partial charge >= 0.3 is 6.18 Å². The Morgan fingerprint density at radius 3 is 2.47 bits per heavy atom. The van der Waals surface area contributed by atoms with Gasteiger partial charge in [-0.05, 0) is 62.3 Å². The lowest BCUT2D eigenvalue weighted by Crippen LogP contribution is -2.42. The molecule has 1 aliphatic carbocycles. The second kappa shape index (κ2) is 11.1. The summed E-state index contributed by atoms with van der Waals surface area (Å²) in [5.41, 5.74) is -1.07. The highest BCUT2D eigenvalue weighted by Crippen LogP contribution is 2.40. The molecule has 1 heterocycles. The molecule has 4 N–H and O–H groups in total. The first-order valence-electron chi connectivity index (χ1n) is 11.6. The molecule has 0 radical (unpaired) electrons. The Kier molecular flexibility index (Phi) is 8.34. The number of halogens is 3. The monoisotopic (exact) mass is 506 g/mol. The number of aliphatic hydroxyl groups is 1. The molecule has 1 fully saturated rings. The summed E-state index contributed by atoms with van der Waals surface area (Å²) in [5, 5.41) is 35.6. The van der Waals surface area contributed by atoms with Gasteiger partial charge in [0.1, 0.15) is 0 Å². The van der Waals surface area contributed by atoms with Gasteiger partial charge in [-0.1, -0.05) is 6.07 Å². The van der Waals surface area contributed by atoms with Crippen LogP contribution in [0.15, 0.2) is 48.8 Å². The van der Waals surface area contributed by atoms with Crippen LogP contribution in [0, 0.1) is 16.5 Å². The largest absolute Gasteiger partial charge is 0.619 e. The average Bonchev–Trinajstić information content (AvgIpc) is 2.82. The third-order valence-corrected chi connectivity index (χ3v) is 6.44. The molecule has 2 aromatic rings. The molecule has 0 aliphatic heterocycles. The number of hydrogen-bond acceptors (Lipinski definition) is 5. The first-order valence-corrected chi connectivity index (χ1v) is 11.6. The van der Waals surface area contributed by atoms with Crippen LogP contribution in [0.4, 0.5) is 13.2 Å². The van der Waals surface area contributed by atoms with E-state index >= 15 is 0 Å². The van der Waals surface area contributed by atoms with Gasteiger partial charge in [-0.3, -0.25) is 9.59 Å². The molecule has 3 rings (SSSR count). The number of aromatic nitrogens is 1. The van der Waals surface area contributed by atoms with Gasteiger partial charge in [-0.2, -0.15) is 17.9 Å². The molecule has 1 aromatic heterocycles. The molecule has 0 unspecified atom stereocenters. The standard InChI is InChI=1S/C25H29F3N4O4/c1-16(31-22(33)15-30-23(34)18-3-2-4-20(14-18)25(26,27)28)13-21(29)17-5-9-24(35,10-6-17)19-7-11-32(36)12-8-19/h2-4,7-8,11-12,14,16-17,29,35H,5-6,9-10,13,15H2,1H3,(H,30,34)(H,31,33)/t16-,17?,24?/m1/s1. The van der Waals surface area contributed by atoms with E-state index in [4.69, 9.17) is 5.41 Å². The maximum absolute atomic E-state index is 12.8. The van der Waals surface area contributed by atoms with Crippen molar-refractivity contribution in [1.29, 1.82) is 5.41 Å². The first kappa shape index (κ1) is 27.1. The van der Waals surface area contributed by atoms with Crippen LogP contribution in [0.1, 0.15) is 60.5 Å². The van der Waals surface area contributed by atoms with E-state index < -0.39 is 41.7 Å². The summed E-state index contributed by atoms with van der Waals surface area (Å²) in [6.45, 7) is 1.31. The Labute approximate surface area is 206 Å². The molecule has 1 aromatic carbocycles. The molecule has 2 amide bonds. The smallest absolute Gasteiger partial charge is 0.416 e. The van der Waals surface area contributed by atoms with E-state index in [1.807, 2.05) is 0 Å².